The zero-order valence-corrected chi connectivity index (χ0v) is 19.6. The quantitative estimate of drug-likeness (QED) is 0.494. The van der Waals surface area contributed by atoms with Gasteiger partial charge in [-0.05, 0) is 49.4 Å². The van der Waals surface area contributed by atoms with Crippen molar-refractivity contribution >= 4 is 23.4 Å². The van der Waals surface area contributed by atoms with Crippen LogP contribution in [0.25, 0.3) is 11.4 Å². The molecule has 34 heavy (non-hydrogen) atoms. The molecule has 2 heterocycles. The van der Waals surface area contributed by atoms with E-state index in [1.54, 1.807) is 43.3 Å². The minimum absolute atomic E-state index is 0.203. The number of ether oxygens (including phenoxy) is 1. The van der Waals surface area contributed by atoms with Gasteiger partial charge in [-0.15, -0.1) is 10.2 Å². The maximum absolute atomic E-state index is 13.5. The molecule has 1 N–H and O–H groups in total. The molecule has 0 radical (unpaired) electrons. The maximum Gasteiger partial charge on any atom is 0.237 e. The van der Waals surface area contributed by atoms with Crippen LogP contribution in [0.4, 0.5) is 10.1 Å². The van der Waals surface area contributed by atoms with E-state index in [0.717, 1.165) is 25.2 Å². The van der Waals surface area contributed by atoms with Crippen molar-refractivity contribution in [1.29, 1.82) is 5.26 Å². The fraction of sp³-hybridized carbons (Fsp3) is 0.333. The fourth-order valence-corrected chi connectivity index (χ4v) is 4.45. The SMILES string of the molecule is CC(Sc1nnc(-c2ccc(F)cc2)n1CCN1CCOCC1)C(=O)Nc1cccc(C#N)c1. The summed E-state index contributed by atoms with van der Waals surface area (Å²) in [5, 5.41) is 20.8. The number of nitrogens with one attached hydrogen (secondary N) is 1. The number of nitrogens with zero attached hydrogens (tertiary/aromatic N) is 5. The smallest absolute Gasteiger partial charge is 0.237 e. The van der Waals surface area contributed by atoms with Gasteiger partial charge in [0.2, 0.25) is 5.91 Å². The van der Waals surface area contributed by atoms with E-state index in [0.29, 0.717) is 42.0 Å². The summed E-state index contributed by atoms with van der Waals surface area (Å²) in [6, 6.07) is 15.0. The van der Waals surface area contributed by atoms with Crippen molar-refractivity contribution < 1.29 is 13.9 Å². The lowest BCUT2D eigenvalue weighted by Crippen LogP contribution is -2.38. The first-order valence-electron chi connectivity index (χ1n) is 11.0. The van der Waals surface area contributed by atoms with Crippen molar-refractivity contribution in [1.82, 2.24) is 19.7 Å². The van der Waals surface area contributed by atoms with Gasteiger partial charge in [0, 0.05) is 37.4 Å². The highest BCUT2D eigenvalue weighted by Gasteiger charge is 2.22. The summed E-state index contributed by atoms with van der Waals surface area (Å²) in [4.78, 5) is 15.1. The van der Waals surface area contributed by atoms with Crippen molar-refractivity contribution in [2.45, 2.75) is 23.9 Å². The molecule has 8 nitrogen and oxygen atoms in total. The topological polar surface area (TPSA) is 96.1 Å². The Morgan fingerprint density at radius 1 is 1.21 bits per heavy atom. The standard InChI is InChI=1S/C24H25FN6O2S/c1-17(23(32)27-21-4-2-3-18(15-21)16-26)34-24-29-28-22(19-5-7-20(25)8-6-19)31(24)10-9-30-11-13-33-14-12-30/h2-8,15,17H,9-14H2,1H3,(H,27,32). The number of thioether (sulfide) groups is 1. The highest BCUT2D eigenvalue weighted by Crippen LogP contribution is 2.28. The Kier molecular flexibility index (Phi) is 7.90. The van der Waals surface area contributed by atoms with Gasteiger partial charge in [-0.25, -0.2) is 4.39 Å². The third-order valence-electron chi connectivity index (χ3n) is 5.47. The number of hydrogen-bond donors (Lipinski definition) is 1. The molecule has 1 unspecified atom stereocenters. The van der Waals surface area contributed by atoms with E-state index in [1.807, 2.05) is 4.57 Å². The molecule has 0 saturated carbocycles. The third kappa shape index (κ3) is 5.99. The van der Waals surface area contributed by atoms with Gasteiger partial charge >= 0.3 is 0 Å². The Morgan fingerprint density at radius 3 is 2.71 bits per heavy atom. The van der Waals surface area contributed by atoms with Gasteiger partial charge in [0.25, 0.3) is 0 Å². The van der Waals surface area contributed by atoms with E-state index >= 15 is 0 Å². The summed E-state index contributed by atoms with van der Waals surface area (Å²) < 4.78 is 20.9. The van der Waals surface area contributed by atoms with Gasteiger partial charge in [0.05, 0.1) is 30.1 Å². The third-order valence-corrected chi connectivity index (χ3v) is 6.55. The number of nitriles is 1. The molecule has 1 amide bonds. The fourth-order valence-electron chi connectivity index (χ4n) is 3.58. The largest absolute Gasteiger partial charge is 0.379 e. The summed E-state index contributed by atoms with van der Waals surface area (Å²) in [5.74, 6) is 0.111. The van der Waals surface area contributed by atoms with E-state index in [1.165, 1.54) is 23.9 Å². The molecule has 1 aliphatic rings. The van der Waals surface area contributed by atoms with Crippen molar-refractivity contribution in [2.24, 2.45) is 0 Å². The van der Waals surface area contributed by atoms with Crippen LogP contribution in [0.3, 0.4) is 0 Å². The number of amides is 1. The molecule has 0 aliphatic carbocycles. The molecule has 1 saturated heterocycles. The van der Waals surface area contributed by atoms with Crippen molar-refractivity contribution in [3.63, 3.8) is 0 Å². The molecule has 0 bridgehead atoms. The van der Waals surface area contributed by atoms with Gasteiger partial charge in [-0.3, -0.25) is 9.69 Å². The zero-order valence-electron chi connectivity index (χ0n) is 18.8. The van der Waals surface area contributed by atoms with Crippen molar-refractivity contribution in [3.05, 3.63) is 59.9 Å². The number of halogens is 1. The number of aromatic nitrogens is 3. The molecular weight excluding hydrogens is 455 g/mol. The molecule has 4 rings (SSSR count). The Hall–Kier alpha value is -3.26. The zero-order chi connectivity index (χ0) is 23.9. The maximum atomic E-state index is 13.5. The van der Waals surface area contributed by atoms with Gasteiger partial charge < -0.3 is 14.6 Å². The molecule has 3 aromatic rings. The monoisotopic (exact) mass is 480 g/mol. The van der Waals surface area contributed by atoms with Gasteiger partial charge in [-0.1, -0.05) is 17.8 Å². The average Bonchev–Trinajstić information content (AvgIpc) is 3.26. The lowest BCUT2D eigenvalue weighted by Gasteiger charge is -2.27. The van der Waals surface area contributed by atoms with Crippen LogP contribution < -0.4 is 5.32 Å². The van der Waals surface area contributed by atoms with E-state index in [9.17, 15) is 9.18 Å². The van der Waals surface area contributed by atoms with E-state index in [2.05, 4.69) is 26.5 Å². The van der Waals surface area contributed by atoms with Crippen LogP contribution in [0.5, 0.6) is 0 Å². The Bertz CT molecular complexity index is 1170. The molecule has 176 valence electrons. The van der Waals surface area contributed by atoms with Crippen molar-refractivity contribution in [2.75, 3.05) is 38.2 Å². The Balaban J connectivity index is 1.51. The number of carbonyl (C=O) groups is 1. The van der Waals surface area contributed by atoms with Gasteiger partial charge in [0.15, 0.2) is 11.0 Å². The minimum atomic E-state index is -0.460. The summed E-state index contributed by atoms with van der Waals surface area (Å²) >= 11 is 1.31. The van der Waals surface area contributed by atoms with E-state index < -0.39 is 5.25 Å². The first-order chi connectivity index (χ1) is 16.5. The lowest BCUT2D eigenvalue weighted by molar-refractivity contribution is -0.115. The first-order valence-corrected chi connectivity index (χ1v) is 11.9. The number of anilines is 1. The van der Waals surface area contributed by atoms with E-state index in [-0.39, 0.29) is 11.7 Å². The first kappa shape index (κ1) is 23.9. The highest BCUT2D eigenvalue weighted by atomic mass is 32.2. The molecule has 2 aromatic carbocycles. The Labute approximate surface area is 201 Å². The molecule has 1 aromatic heterocycles. The molecule has 1 aliphatic heterocycles. The summed E-state index contributed by atoms with van der Waals surface area (Å²) in [7, 11) is 0. The second-order valence-electron chi connectivity index (χ2n) is 7.86. The summed E-state index contributed by atoms with van der Waals surface area (Å²) in [6.45, 7) is 6.34. The highest BCUT2D eigenvalue weighted by molar-refractivity contribution is 8.00. The van der Waals surface area contributed by atoms with Gasteiger partial charge in [0.1, 0.15) is 5.82 Å². The van der Waals surface area contributed by atoms with Crippen molar-refractivity contribution in [3.8, 4) is 17.5 Å². The lowest BCUT2D eigenvalue weighted by atomic mass is 10.2. The van der Waals surface area contributed by atoms with Crippen LogP contribution in [0.1, 0.15) is 12.5 Å². The minimum Gasteiger partial charge on any atom is -0.379 e. The van der Waals surface area contributed by atoms with Crippen LogP contribution >= 0.6 is 11.8 Å². The number of benzene rings is 2. The summed E-state index contributed by atoms with van der Waals surface area (Å²) in [5.41, 5.74) is 1.80. The number of rotatable bonds is 8. The molecule has 10 heteroatoms. The molecule has 0 spiro atoms. The number of carbonyl (C=O) groups excluding carboxylic acids is 1. The van der Waals surface area contributed by atoms with Crippen LogP contribution in [0.2, 0.25) is 0 Å². The summed E-state index contributed by atoms with van der Waals surface area (Å²) in [6.07, 6.45) is 0. The predicted molar refractivity (Wildman–Crippen MR) is 128 cm³/mol. The second kappa shape index (κ2) is 11.2. The molecular formula is C24H25FN6O2S. The molecule has 1 atom stereocenters. The normalized spacial score (nSPS) is 15.0. The number of hydrogen-bond acceptors (Lipinski definition) is 7. The van der Waals surface area contributed by atoms with Gasteiger partial charge in [-0.2, -0.15) is 5.26 Å². The predicted octanol–water partition coefficient (Wildman–Crippen LogP) is 3.41. The van der Waals surface area contributed by atoms with Crippen LogP contribution in [0.15, 0.2) is 53.7 Å². The Morgan fingerprint density at radius 2 is 1.97 bits per heavy atom. The second-order valence-corrected chi connectivity index (χ2v) is 9.17. The van der Waals surface area contributed by atoms with Crippen LogP contribution in [0, 0.1) is 17.1 Å². The van der Waals surface area contributed by atoms with E-state index in [4.69, 9.17) is 10.00 Å². The molecule has 1 fully saturated rings. The van der Waals surface area contributed by atoms with Crippen LogP contribution in [-0.2, 0) is 16.1 Å². The average molecular weight is 481 g/mol. The van der Waals surface area contributed by atoms with Crippen LogP contribution in [-0.4, -0.2) is 63.7 Å². The number of morpholine rings is 1.